The van der Waals surface area contributed by atoms with E-state index in [1.165, 1.54) is 0 Å². The molecule has 0 saturated carbocycles. The highest BCUT2D eigenvalue weighted by atomic mass is 32.2. The molecule has 0 amide bonds. The Morgan fingerprint density at radius 2 is 1.70 bits per heavy atom. The number of nitrogens with one attached hydrogen (secondary N) is 2. The largest absolute Gasteiger partial charge is 0.465 e. The predicted molar refractivity (Wildman–Crippen MR) is 80.2 cm³/mol. The maximum atomic E-state index is 12.5. The molecule has 116 valence electrons. The van der Waals surface area contributed by atoms with E-state index in [2.05, 4.69) is 10.0 Å². The average Bonchev–Trinajstić information content (AvgIpc) is 2.46. The first-order chi connectivity index (χ1) is 8.94. The van der Waals surface area contributed by atoms with Crippen LogP contribution in [0.4, 0.5) is 0 Å². The van der Waals surface area contributed by atoms with Crippen molar-refractivity contribution in [1.29, 1.82) is 0 Å². The quantitative estimate of drug-likeness (QED) is 0.876. The monoisotopic (exact) mass is 302 g/mol. The van der Waals surface area contributed by atoms with Crippen LogP contribution in [-0.4, -0.2) is 20.0 Å². The molecule has 1 aromatic heterocycles. The van der Waals surface area contributed by atoms with Crippen LogP contribution in [-0.2, 0) is 16.6 Å². The van der Waals surface area contributed by atoms with Gasteiger partial charge in [-0.2, -0.15) is 0 Å². The molecule has 0 saturated heterocycles. The van der Waals surface area contributed by atoms with E-state index < -0.39 is 15.6 Å². The van der Waals surface area contributed by atoms with Gasteiger partial charge < -0.3 is 9.73 Å². The van der Waals surface area contributed by atoms with Crippen LogP contribution in [0, 0.1) is 13.8 Å². The fraction of sp³-hybridized carbons (Fsp3) is 0.714. The van der Waals surface area contributed by atoms with Crippen LogP contribution in [0.2, 0.25) is 0 Å². The second kappa shape index (κ2) is 5.87. The third-order valence-corrected chi connectivity index (χ3v) is 4.67. The molecule has 20 heavy (non-hydrogen) atoms. The summed E-state index contributed by atoms with van der Waals surface area (Å²) in [7, 11) is -3.59. The van der Waals surface area contributed by atoms with Crippen LogP contribution in [0.25, 0.3) is 0 Å². The average molecular weight is 302 g/mol. The Hall–Kier alpha value is -0.850. The van der Waals surface area contributed by atoms with Crippen LogP contribution < -0.4 is 10.0 Å². The van der Waals surface area contributed by atoms with Crippen LogP contribution in [0.3, 0.4) is 0 Å². The topological polar surface area (TPSA) is 71.3 Å². The second-order valence-corrected chi connectivity index (χ2v) is 8.03. The zero-order valence-corrected chi connectivity index (χ0v) is 14.2. The molecule has 0 unspecified atom stereocenters. The summed E-state index contributed by atoms with van der Waals surface area (Å²) in [6.07, 6.45) is 0. The minimum atomic E-state index is -3.59. The van der Waals surface area contributed by atoms with Gasteiger partial charge in [-0.05, 0) is 34.6 Å². The molecule has 0 bridgehead atoms. The Kier molecular flexibility index (Phi) is 5.05. The van der Waals surface area contributed by atoms with Crippen molar-refractivity contribution < 1.29 is 12.8 Å². The highest BCUT2D eigenvalue weighted by Gasteiger charge is 2.30. The summed E-state index contributed by atoms with van der Waals surface area (Å²) in [5.41, 5.74) is 0.173. The lowest BCUT2D eigenvalue weighted by molar-refractivity contribution is 0.481. The molecule has 0 aliphatic carbocycles. The minimum Gasteiger partial charge on any atom is -0.465 e. The molecule has 0 radical (unpaired) electrons. The molecule has 0 aliphatic rings. The van der Waals surface area contributed by atoms with E-state index in [9.17, 15) is 8.42 Å². The smallest absolute Gasteiger partial charge is 0.244 e. The highest BCUT2D eigenvalue weighted by Crippen LogP contribution is 2.27. The van der Waals surface area contributed by atoms with E-state index in [0.29, 0.717) is 23.6 Å². The molecule has 0 aromatic carbocycles. The van der Waals surface area contributed by atoms with E-state index >= 15 is 0 Å². The van der Waals surface area contributed by atoms with Crippen LogP contribution in [0.5, 0.6) is 0 Å². The van der Waals surface area contributed by atoms with E-state index in [0.717, 1.165) is 0 Å². The lowest BCUT2D eigenvalue weighted by Crippen LogP contribution is -2.41. The molecular weight excluding hydrogens is 276 g/mol. The van der Waals surface area contributed by atoms with Gasteiger partial charge in [0.25, 0.3) is 0 Å². The first-order valence-electron chi connectivity index (χ1n) is 6.80. The molecule has 5 nitrogen and oxygen atoms in total. The van der Waals surface area contributed by atoms with Crippen molar-refractivity contribution in [2.75, 3.05) is 0 Å². The summed E-state index contributed by atoms with van der Waals surface area (Å²) in [6.45, 7) is 13.4. The number of sulfonamides is 1. The van der Waals surface area contributed by atoms with Crippen LogP contribution in [0.15, 0.2) is 9.31 Å². The molecular formula is C14H26N2O3S. The van der Waals surface area contributed by atoms with Gasteiger partial charge in [0.2, 0.25) is 10.0 Å². The van der Waals surface area contributed by atoms with E-state index in [4.69, 9.17) is 4.42 Å². The maximum Gasteiger partial charge on any atom is 0.244 e. The predicted octanol–water partition coefficient (Wildman–Crippen LogP) is 2.47. The first-order valence-corrected chi connectivity index (χ1v) is 8.28. The van der Waals surface area contributed by atoms with Crippen LogP contribution in [0.1, 0.15) is 51.7 Å². The molecule has 0 fully saturated rings. The molecule has 1 heterocycles. The fourth-order valence-electron chi connectivity index (χ4n) is 2.03. The number of aryl methyl sites for hydroxylation is 2. The van der Waals surface area contributed by atoms with Gasteiger partial charge in [0.05, 0.1) is 0 Å². The summed E-state index contributed by atoms with van der Waals surface area (Å²) < 4.78 is 33.3. The molecule has 0 atom stereocenters. The Morgan fingerprint density at radius 1 is 1.15 bits per heavy atom. The molecule has 0 aliphatic heterocycles. The van der Waals surface area contributed by atoms with Crippen molar-refractivity contribution in [2.45, 2.75) is 71.5 Å². The van der Waals surface area contributed by atoms with Gasteiger partial charge in [-0.15, -0.1) is 0 Å². The first kappa shape index (κ1) is 17.2. The normalized spacial score (nSPS) is 13.2. The zero-order chi connectivity index (χ0) is 15.7. The Labute approximate surface area is 122 Å². The molecule has 2 N–H and O–H groups in total. The van der Waals surface area contributed by atoms with Crippen molar-refractivity contribution in [2.24, 2.45) is 0 Å². The molecule has 0 spiro atoms. The maximum absolute atomic E-state index is 12.5. The van der Waals surface area contributed by atoms with E-state index in [1.807, 2.05) is 34.6 Å². The minimum absolute atomic E-state index is 0.262. The SMILES string of the molecule is Cc1oc(C)c(S(=O)(=O)NC(C)(C)C)c1CNC(C)C. The van der Waals surface area contributed by atoms with Crippen molar-refractivity contribution in [1.82, 2.24) is 10.0 Å². The number of hydrogen-bond acceptors (Lipinski definition) is 4. The fourth-order valence-corrected chi connectivity index (χ4v) is 3.90. The van der Waals surface area contributed by atoms with Crippen molar-refractivity contribution >= 4 is 10.0 Å². The van der Waals surface area contributed by atoms with Gasteiger partial charge in [-0.1, -0.05) is 13.8 Å². The van der Waals surface area contributed by atoms with Gasteiger partial charge in [-0.25, -0.2) is 13.1 Å². The summed E-state index contributed by atoms with van der Waals surface area (Å²) in [6, 6.07) is 0.274. The Bertz CT molecular complexity index is 566. The molecule has 1 rings (SSSR count). The second-order valence-electron chi connectivity index (χ2n) is 6.41. The summed E-state index contributed by atoms with van der Waals surface area (Å²) in [5.74, 6) is 1.07. The van der Waals surface area contributed by atoms with Crippen molar-refractivity contribution in [3.05, 3.63) is 17.1 Å². The lowest BCUT2D eigenvalue weighted by Gasteiger charge is -2.21. The van der Waals surface area contributed by atoms with Gasteiger partial charge in [0, 0.05) is 23.7 Å². The lowest BCUT2D eigenvalue weighted by atomic mass is 10.1. The third-order valence-electron chi connectivity index (χ3n) is 2.72. The standard InChI is InChI=1S/C14H26N2O3S/c1-9(2)15-8-12-10(3)19-11(4)13(12)20(17,18)16-14(5,6)7/h9,15-16H,8H2,1-7H3. The van der Waals surface area contributed by atoms with Gasteiger partial charge in [0.15, 0.2) is 0 Å². The van der Waals surface area contributed by atoms with E-state index in [-0.39, 0.29) is 10.9 Å². The van der Waals surface area contributed by atoms with Crippen LogP contribution >= 0.6 is 0 Å². The van der Waals surface area contributed by atoms with E-state index in [1.54, 1.807) is 13.8 Å². The summed E-state index contributed by atoms with van der Waals surface area (Å²) in [4.78, 5) is 0.262. The summed E-state index contributed by atoms with van der Waals surface area (Å²) >= 11 is 0. The van der Waals surface area contributed by atoms with Gasteiger partial charge >= 0.3 is 0 Å². The molecule has 1 aromatic rings. The number of rotatable bonds is 5. The zero-order valence-electron chi connectivity index (χ0n) is 13.4. The Morgan fingerprint density at radius 3 is 2.15 bits per heavy atom. The van der Waals surface area contributed by atoms with Gasteiger partial charge in [-0.3, -0.25) is 0 Å². The Balaban J connectivity index is 3.23. The van der Waals surface area contributed by atoms with Crippen molar-refractivity contribution in [3.63, 3.8) is 0 Å². The number of furan rings is 1. The molecule has 6 heteroatoms. The third kappa shape index (κ3) is 4.33. The van der Waals surface area contributed by atoms with Gasteiger partial charge in [0.1, 0.15) is 16.4 Å². The summed E-state index contributed by atoms with van der Waals surface area (Å²) in [5, 5.41) is 3.24. The number of hydrogen-bond donors (Lipinski definition) is 2. The highest BCUT2D eigenvalue weighted by molar-refractivity contribution is 7.89. The van der Waals surface area contributed by atoms with Crippen molar-refractivity contribution in [3.8, 4) is 0 Å².